The molecule has 1 aromatic heterocycles. The van der Waals surface area contributed by atoms with E-state index in [2.05, 4.69) is 16.0 Å². The van der Waals surface area contributed by atoms with E-state index in [-0.39, 0.29) is 5.69 Å². The van der Waals surface area contributed by atoms with E-state index in [0.717, 1.165) is 12.5 Å². The van der Waals surface area contributed by atoms with Crippen LogP contribution in [0.25, 0.3) is 0 Å². The van der Waals surface area contributed by atoms with Gasteiger partial charge < -0.3 is 5.73 Å². The van der Waals surface area contributed by atoms with E-state index in [1.807, 2.05) is 0 Å². The predicted molar refractivity (Wildman–Crippen MR) is 42.5 cm³/mol. The molecule has 13 heavy (non-hydrogen) atoms. The van der Waals surface area contributed by atoms with Gasteiger partial charge in [-0.05, 0) is 0 Å². The van der Waals surface area contributed by atoms with Gasteiger partial charge in [0.05, 0.1) is 0 Å². The van der Waals surface area contributed by atoms with Crippen molar-refractivity contribution in [3.05, 3.63) is 18.0 Å². The van der Waals surface area contributed by atoms with Crippen molar-refractivity contribution >= 4 is 15.7 Å². The normalized spacial score (nSPS) is 11.2. The lowest BCUT2D eigenvalue weighted by molar-refractivity contribution is 0.0994. The smallest absolute Gasteiger partial charge is 0.268 e. The molecule has 0 saturated heterocycles. The summed E-state index contributed by atoms with van der Waals surface area (Å²) in [7, 11) is -3.51. The van der Waals surface area contributed by atoms with Crippen molar-refractivity contribution in [2.24, 2.45) is 5.73 Å². The summed E-state index contributed by atoms with van der Waals surface area (Å²) in [5.41, 5.74) is 4.63. The van der Waals surface area contributed by atoms with Crippen LogP contribution >= 0.6 is 0 Å². The van der Waals surface area contributed by atoms with Crippen molar-refractivity contribution in [1.29, 1.82) is 0 Å². The van der Waals surface area contributed by atoms with E-state index >= 15 is 0 Å². The largest absolute Gasteiger partial charge is 0.364 e. The average Bonchev–Trinajstić information content (AvgIpc) is 2.03. The van der Waals surface area contributed by atoms with E-state index < -0.39 is 20.9 Å². The summed E-state index contributed by atoms with van der Waals surface area (Å²) in [6.45, 7) is 0. The van der Waals surface area contributed by atoms with Crippen LogP contribution in [0.3, 0.4) is 0 Å². The Morgan fingerprint density at radius 1 is 1.62 bits per heavy atom. The molecule has 0 saturated carbocycles. The zero-order valence-corrected chi connectivity index (χ0v) is 7.50. The van der Waals surface area contributed by atoms with Crippen LogP contribution in [0.1, 0.15) is 10.5 Å². The van der Waals surface area contributed by atoms with E-state index in [1.54, 1.807) is 0 Å². The molecule has 1 heterocycles. The van der Waals surface area contributed by atoms with Crippen molar-refractivity contribution in [2.75, 3.05) is 6.26 Å². The van der Waals surface area contributed by atoms with Gasteiger partial charge >= 0.3 is 0 Å². The van der Waals surface area contributed by atoms with E-state index in [9.17, 15) is 13.2 Å². The lowest BCUT2D eigenvalue weighted by Gasteiger charge is -1.96. The molecule has 7 heteroatoms. The molecule has 0 aliphatic rings. The number of aromatic nitrogens is 2. The minimum atomic E-state index is -3.51. The van der Waals surface area contributed by atoms with Crippen molar-refractivity contribution in [3.8, 4) is 0 Å². The molecule has 2 N–H and O–H groups in total. The lowest BCUT2D eigenvalue weighted by Crippen LogP contribution is -2.16. The number of hydrogen-bond acceptors (Lipinski definition) is 5. The monoisotopic (exact) mass is 200 g/mol. The fraction of sp³-hybridized carbons (Fsp3) is 0.167. The van der Waals surface area contributed by atoms with Crippen molar-refractivity contribution in [2.45, 2.75) is 5.16 Å². The molecule has 0 fully saturated rings. The first-order valence-electron chi connectivity index (χ1n) is 3.16. The van der Waals surface area contributed by atoms with Gasteiger partial charge in [0.1, 0.15) is 5.69 Å². The molecule has 0 aromatic carbocycles. The van der Waals surface area contributed by atoms with Crippen LogP contribution < -0.4 is 5.73 Å². The quantitative estimate of drug-likeness (QED) is 0.602. The number of primary amides is 1. The number of sulfone groups is 1. The molecular weight excluding hydrogens is 194 g/mol. The van der Waals surface area contributed by atoms with Gasteiger partial charge in [0, 0.05) is 18.5 Å². The average molecular weight is 200 g/mol. The highest BCUT2D eigenvalue weighted by atomic mass is 32.2. The molecule has 1 amide bonds. The van der Waals surface area contributed by atoms with Crippen LogP contribution in [0.2, 0.25) is 0 Å². The first-order chi connectivity index (χ1) is 5.91. The Kier molecular flexibility index (Phi) is 2.28. The molecule has 6 nitrogen and oxygen atoms in total. The topological polar surface area (TPSA) is 103 Å². The van der Waals surface area contributed by atoms with Gasteiger partial charge in [-0.2, -0.15) is 0 Å². The molecule has 0 aliphatic heterocycles. The summed E-state index contributed by atoms with van der Waals surface area (Å²) in [5, 5.41) is -0.431. The van der Waals surface area contributed by atoms with Crippen molar-refractivity contribution in [1.82, 2.24) is 9.97 Å². The van der Waals surface area contributed by atoms with Gasteiger partial charge in [0.2, 0.25) is 15.0 Å². The van der Waals surface area contributed by atoms with Crippen LogP contribution in [0.15, 0.2) is 11.4 Å². The zero-order chi connectivity index (χ0) is 10.1. The Morgan fingerprint density at radius 3 is 2.69 bits per heavy atom. The maximum Gasteiger partial charge on any atom is 0.268 e. The highest BCUT2D eigenvalue weighted by Gasteiger charge is 2.13. The molecular formula is C6H6N3O3S. The molecule has 0 atom stereocenters. The standard InChI is InChI=1S/C6H6N3O3S/c1-13(11,12)6-8-3-2-4(9-6)5(7)10/h3H,1H3,(H2,7,10). The second kappa shape index (κ2) is 3.09. The molecule has 0 bridgehead atoms. The number of hydrogen-bond donors (Lipinski definition) is 1. The summed E-state index contributed by atoms with van der Waals surface area (Å²) in [4.78, 5) is 17.4. The van der Waals surface area contributed by atoms with Gasteiger partial charge in [0.25, 0.3) is 5.91 Å². The van der Waals surface area contributed by atoms with Crippen molar-refractivity contribution < 1.29 is 13.2 Å². The lowest BCUT2D eigenvalue weighted by atomic mass is 10.4. The first kappa shape index (κ1) is 9.59. The molecule has 69 valence electrons. The molecule has 1 radical (unpaired) electrons. The van der Waals surface area contributed by atoms with Crippen molar-refractivity contribution in [3.63, 3.8) is 0 Å². The highest BCUT2D eigenvalue weighted by molar-refractivity contribution is 7.90. The molecule has 0 aliphatic carbocycles. The van der Waals surface area contributed by atoms with Gasteiger partial charge in [-0.1, -0.05) is 0 Å². The van der Waals surface area contributed by atoms with Crippen LogP contribution in [-0.2, 0) is 9.84 Å². The van der Waals surface area contributed by atoms with Gasteiger partial charge in [0.15, 0.2) is 0 Å². The molecule has 0 unspecified atom stereocenters. The van der Waals surface area contributed by atoms with Crippen LogP contribution in [0.5, 0.6) is 0 Å². The molecule has 0 spiro atoms. The maximum absolute atomic E-state index is 10.9. The zero-order valence-electron chi connectivity index (χ0n) is 6.68. The Morgan fingerprint density at radius 2 is 2.23 bits per heavy atom. The number of carbonyl (C=O) groups excluding carboxylic acids is 1. The number of carbonyl (C=O) groups is 1. The predicted octanol–water partition coefficient (Wildman–Crippen LogP) is -1.22. The molecule has 1 aromatic rings. The SMILES string of the molecule is CS(=O)(=O)c1nc[c]c(C(N)=O)n1. The second-order valence-corrected chi connectivity index (χ2v) is 4.19. The van der Waals surface area contributed by atoms with Gasteiger partial charge in [-0.25, -0.2) is 18.4 Å². The molecule has 1 rings (SSSR count). The summed E-state index contributed by atoms with van der Waals surface area (Å²) in [6, 6.07) is 2.32. The highest BCUT2D eigenvalue weighted by Crippen LogP contribution is 2.00. The van der Waals surface area contributed by atoms with E-state index in [4.69, 9.17) is 5.73 Å². The number of amides is 1. The summed E-state index contributed by atoms with van der Waals surface area (Å²) in [6.07, 6.45) is 1.98. The van der Waals surface area contributed by atoms with E-state index in [0.29, 0.717) is 0 Å². The van der Waals surface area contributed by atoms with Crippen LogP contribution in [-0.4, -0.2) is 30.5 Å². The second-order valence-electron chi connectivity index (χ2n) is 2.28. The fourth-order valence-electron chi connectivity index (χ4n) is 0.610. The third-order valence-electron chi connectivity index (χ3n) is 1.15. The van der Waals surface area contributed by atoms with Gasteiger partial charge in [-0.3, -0.25) is 4.79 Å². The third-order valence-corrected chi connectivity index (χ3v) is 2.01. The maximum atomic E-state index is 10.9. The Balaban J connectivity index is 3.29. The number of rotatable bonds is 2. The minimum absolute atomic E-state index is 0.240. The number of nitrogens with zero attached hydrogens (tertiary/aromatic N) is 2. The Labute approximate surface area is 74.7 Å². The fourth-order valence-corrected chi connectivity index (χ4v) is 1.11. The summed E-state index contributed by atoms with van der Waals surface area (Å²) >= 11 is 0. The van der Waals surface area contributed by atoms with Crippen LogP contribution in [0, 0.1) is 6.07 Å². The Hall–Kier alpha value is -1.50. The Bertz CT molecular complexity index is 440. The minimum Gasteiger partial charge on any atom is -0.364 e. The third kappa shape index (κ3) is 2.22. The van der Waals surface area contributed by atoms with Gasteiger partial charge in [-0.15, -0.1) is 0 Å². The summed E-state index contributed by atoms with van der Waals surface area (Å²) < 4.78 is 21.8. The summed E-state index contributed by atoms with van der Waals surface area (Å²) in [5.74, 6) is -0.840. The number of nitrogens with two attached hydrogens (primary N) is 1. The van der Waals surface area contributed by atoms with Crippen LogP contribution in [0.4, 0.5) is 0 Å². The first-order valence-corrected chi connectivity index (χ1v) is 5.05. The van der Waals surface area contributed by atoms with E-state index in [1.165, 1.54) is 0 Å².